The second-order valence-electron chi connectivity index (χ2n) is 5.05. The molecule has 1 aliphatic rings. The molecule has 0 unspecified atom stereocenters. The molecule has 0 saturated heterocycles. The maximum absolute atomic E-state index is 12.1. The number of carbonyl (C=O) groups excluding carboxylic acids is 2. The summed E-state index contributed by atoms with van der Waals surface area (Å²) in [6.07, 6.45) is 4.23. The maximum Gasteiger partial charge on any atom is 0.319 e. The van der Waals surface area contributed by atoms with Crippen LogP contribution in [0.25, 0.3) is 0 Å². The van der Waals surface area contributed by atoms with Crippen LogP contribution in [0.4, 0.5) is 10.5 Å². The van der Waals surface area contributed by atoms with Crippen molar-refractivity contribution in [3.05, 3.63) is 59.4 Å². The molecule has 3 N–H and O–H groups in total. The van der Waals surface area contributed by atoms with Crippen LogP contribution in [-0.4, -0.2) is 23.5 Å². The van der Waals surface area contributed by atoms with E-state index in [0.29, 0.717) is 24.3 Å². The van der Waals surface area contributed by atoms with Gasteiger partial charge in [0.15, 0.2) is 0 Å². The monoisotopic (exact) mass is 296 g/mol. The maximum atomic E-state index is 12.1. The zero-order valence-electron chi connectivity index (χ0n) is 11.9. The average molecular weight is 296 g/mol. The molecule has 2 heterocycles. The molecule has 1 aromatic heterocycles. The van der Waals surface area contributed by atoms with Gasteiger partial charge < -0.3 is 16.0 Å². The van der Waals surface area contributed by atoms with Gasteiger partial charge >= 0.3 is 6.03 Å². The van der Waals surface area contributed by atoms with E-state index < -0.39 is 0 Å². The molecule has 22 heavy (non-hydrogen) atoms. The normalized spacial score (nSPS) is 12.8. The first-order valence-electron chi connectivity index (χ1n) is 7.07. The van der Waals surface area contributed by atoms with Crippen molar-refractivity contribution in [3.8, 4) is 0 Å². The fraction of sp³-hybridized carbons (Fsp3) is 0.188. The number of urea groups is 1. The predicted molar refractivity (Wildman–Crippen MR) is 82.6 cm³/mol. The van der Waals surface area contributed by atoms with E-state index in [4.69, 9.17) is 0 Å². The van der Waals surface area contributed by atoms with E-state index in [1.807, 2.05) is 18.2 Å². The largest absolute Gasteiger partial charge is 0.352 e. The fourth-order valence-electron chi connectivity index (χ4n) is 2.30. The van der Waals surface area contributed by atoms with Gasteiger partial charge in [-0.05, 0) is 35.7 Å². The number of benzene rings is 1. The molecule has 0 aliphatic carbocycles. The van der Waals surface area contributed by atoms with Crippen LogP contribution in [-0.2, 0) is 13.0 Å². The Labute approximate surface area is 127 Å². The number of hydrogen-bond acceptors (Lipinski definition) is 3. The highest BCUT2D eigenvalue weighted by Gasteiger charge is 2.15. The van der Waals surface area contributed by atoms with Crippen molar-refractivity contribution < 1.29 is 9.59 Å². The number of aromatic nitrogens is 1. The smallest absolute Gasteiger partial charge is 0.319 e. The number of anilines is 1. The van der Waals surface area contributed by atoms with E-state index in [2.05, 4.69) is 20.9 Å². The highest BCUT2D eigenvalue weighted by Crippen LogP contribution is 2.20. The summed E-state index contributed by atoms with van der Waals surface area (Å²) in [4.78, 5) is 27.5. The molecular formula is C16H16N4O2. The first kappa shape index (κ1) is 14.1. The third-order valence-electron chi connectivity index (χ3n) is 3.48. The second-order valence-corrected chi connectivity index (χ2v) is 5.05. The summed E-state index contributed by atoms with van der Waals surface area (Å²) in [6.45, 7) is 1.01. The third kappa shape index (κ3) is 3.22. The lowest BCUT2D eigenvalue weighted by Gasteiger charge is -2.18. The minimum Gasteiger partial charge on any atom is -0.352 e. The Kier molecular flexibility index (Phi) is 4.00. The number of pyridine rings is 1. The molecule has 3 amide bonds. The molecule has 0 radical (unpaired) electrons. The highest BCUT2D eigenvalue weighted by molar-refractivity contribution is 5.98. The molecule has 1 aliphatic heterocycles. The van der Waals surface area contributed by atoms with Gasteiger partial charge in [0.1, 0.15) is 0 Å². The van der Waals surface area contributed by atoms with E-state index in [-0.39, 0.29) is 11.9 Å². The minimum absolute atomic E-state index is 0.153. The standard InChI is InChI=1S/C16H16N4O2/c21-15(18-7-5-11-2-1-6-17-9-11)12-3-4-13-10-19-16(22)20-14(13)8-12/h1-4,6,8-9H,5,7,10H2,(H,18,21)(H2,19,20,22). The molecule has 1 aromatic carbocycles. The molecule has 0 fully saturated rings. The van der Waals surface area contributed by atoms with Crippen LogP contribution >= 0.6 is 0 Å². The van der Waals surface area contributed by atoms with Gasteiger partial charge in [0.2, 0.25) is 0 Å². The highest BCUT2D eigenvalue weighted by atomic mass is 16.2. The Hall–Kier alpha value is -2.89. The number of carbonyl (C=O) groups is 2. The number of hydrogen-bond donors (Lipinski definition) is 3. The van der Waals surface area contributed by atoms with Crippen LogP contribution in [0.2, 0.25) is 0 Å². The summed E-state index contributed by atoms with van der Waals surface area (Å²) in [5.41, 5.74) is 3.26. The average Bonchev–Trinajstić information content (AvgIpc) is 2.55. The summed E-state index contributed by atoms with van der Waals surface area (Å²) in [5, 5.41) is 8.25. The van der Waals surface area contributed by atoms with Gasteiger partial charge in [-0.15, -0.1) is 0 Å². The third-order valence-corrected chi connectivity index (χ3v) is 3.48. The summed E-state index contributed by atoms with van der Waals surface area (Å²) in [7, 11) is 0. The minimum atomic E-state index is -0.248. The van der Waals surface area contributed by atoms with Gasteiger partial charge in [0, 0.05) is 36.7 Å². The van der Waals surface area contributed by atoms with E-state index >= 15 is 0 Å². The van der Waals surface area contributed by atoms with Crippen molar-refractivity contribution >= 4 is 17.6 Å². The van der Waals surface area contributed by atoms with Crippen molar-refractivity contribution in [2.24, 2.45) is 0 Å². The molecular weight excluding hydrogens is 280 g/mol. The molecule has 6 nitrogen and oxygen atoms in total. The van der Waals surface area contributed by atoms with Gasteiger partial charge in [-0.3, -0.25) is 9.78 Å². The number of fused-ring (bicyclic) bond motifs is 1. The molecule has 0 bridgehead atoms. The topological polar surface area (TPSA) is 83.1 Å². The first-order chi connectivity index (χ1) is 10.7. The summed E-state index contributed by atoms with van der Waals surface area (Å²) < 4.78 is 0. The zero-order valence-corrected chi connectivity index (χ0v) is 11.9. The number of amides is 3. The van der Waals surface area contributed by atoms with Gasteiger partial charge in [0.05, 0.1) is 0 Å². The Morgan fingerprint density at radius 2 is 2.23 bits per heavy atom. The zero-order chi connectivity index (χ0) is 15.4. The molecule has 0 atom stereocenters. The van der Waals surface area contributed by atoms with Crippen LogP contribution in [0.1, 0.15) is 21.5 Å². The molecule has 2 aromatic rings. The fourth-order valence-corrected chi connectivity index (χ4v) is 2.30. The Balaban J connectivity index is 1.60. The van der Waals surface area contributed by atoms with Crippen molar-refractivity contribution in [1.29, 1.82) is 0 Å². The van der Waals surface area contributed by atoms with Crippen molar-refractivity contribution in [3.63, 3.8) is 0 Å². The van der Waals surface area contributed by atoms with E-state index in [1.54, 1.807) is 24.5 Å². The van der Waals surface area contributed by atoms with E-state index in [0.717, 1.165) is 17.5 Å². The quantitative estimate of drug-likeness (QED) is 0.803. The molecule has 0 saturated carbocycles. The molecule has 112 valence electrons. The summed E-state index contributed by atoms with van der Waals surface area (Å²) >= 11 is 0. The van der Waals surface area contributed by atoms with Gasteiger partial charge in [-0.1, -0.05) is 12.1 Å². The van der Waals surface area contributed by atoms with E-state index in [1.165, 1.54) is 0 Å². The number of nitrogens with zero attached hydrogens (tertiary/aromatic N) is 1. The van der Waals surface area contributed by atoms with Gasteiger partial charge in [0.25, 0.3) is 5.91 Å². The van der Waals surface area contributed by atoms with Crippen LogP contribution in [0, 0.1) is 0 Å². The SMILES string of the molecule is O=C1NCc2ccc(C(=O)NCCc3cccnc3)cc2N1. The van der Waals surface area contributed by atoms with Crippen LogP contribution < -0.4 is 16.0 Å². The second kappa shape index (κ2) is 6.26. The lowest BCUT2D eigenvalue weighted by molar-refractivity contribution is 0.0954. The predicted octanol–water partition coefficient (Wildman–Crippen LogP) is 1.69. The number of nitrogens with one attached hydrogen (secondary N) is 3. The van der Waals surface area contributed by atoms with Crippen LogP contribution in [0.5, 0.6) is 0 Å². The van der Waals surface area contributed by atoms with Gasteiger partial charge in [-0.2, -0.15) is 0 Å². The molecule has 0 spiro atoms. The lowest BCUT2D eigenvalue weighted by Crippen LogP contribution is -2.33. The van der Waals surface area contributed by atoms with Crippen LogP contribution in [0.15, 0.2) is 42.7 Å². The van der Waals surface area contributed by atoms with Crippen molar-refractivity contribution in [2.45, 2.75) is 13.0 Å². The Morgan fingerprint density at radius 3 is 3.05 bits per heavy atom. The van der Waals surface area contributed by atoms with Gasteiger partial charge in [-0.25, -0.2) is 4.79 Å². The van der Waals surface area contributed by atoms with Crippen LogP contribution in [0.3, 0.4) is 0 Å². The first-order valence-corrected chi connectivity index (χ1v) is 7.07. The van der Waals surface area contributed by atoms with Crippen molar-refractivity contribution in [2.75, 3.05) is 11.9 Å². The molecule has 6 heteroatoms. The van der Waals surface area contributed by atoms with Crippen molar-refractivity contribution in [1.82, 2.24) is 15.6 Å². The summed E-state index contributed by atoms with van der Waals surface area (Å²) in [5.74, 6) is -0.153. The summed E-state index contributed by atoms with van der Waals surface area (Å²) in [6, 6.07) is 8.90. The lowest BCUT2D eigenvalue weighted by atomic mass is 10.1. The molecule has 3 rings (SSSR count). The van der Waals surface area contributed by atoms with E-state index in [9.17, 15) is 9.59 Å². The Morgan fingerprint density at radius 1 is 1.32 bits per heavy atom. The Bertz CT molecular complexity index is 701. The number of rotatable bonds is 4.